The van der Waals surface area contributed by atoms with Crippen LogP contribution in [-0.4, -0.2) is 42.7 Å². The Morgan fingerprint density at radius 2 is 1.87 bits per heavy atom. The zero-order chi connectivity index (χ0) is 11.5. The molecule has 1 aliphatic heterocycles. The van der Waals surface area contributed by atoms with Crippen molar-refractivity contribution in [3.8, 4) is 0 Å². The van der Waals surface area contributed by atoms with E-state index >= 15 is 0 Å². The maximum Gasteiger partial charge on any atom is 0.190 e. The topological polar surface area (TPSA) is 50.8 Å². The summed E-state index contributed by atoms with van der Waals surface area (Å²) in [5.74, 6) is 0.643. The molecule has 2 N–H and O–H groups in total. The first-order chi connectivity index (χ1) is 6.92. The first-order valence-electron chi connectivity index (χ1n) is 5.57. The van der Waals surface area contributed by atoms with Gasteiger partial charge >= 0.3 is 0 Å². The molecule has 0 spiro atoms. The molecule has 0 atom stereocenters. The maximum absolute atomic E-state index is 5.93. The minimum atomic E-state index is -0.0444. The molecular formula is C11H23N3O. The number of aliphatic imine (C=N–C) groups is 1. The monoisotopic (exact) mass is 213 g/mol. The Balaban J connectivity index is 2.36. The van der Waals surface area contributed by atoms with Crippen LogP contribution in [0.4, 0.5) is 0 Å². The molecule has 1 rings (SSSR count). The van der Waals surface area contributed by atoms with Crippen molar-refractivity contribution in [1.29, 1.82) is 0 Å². The SMILES string of the molecule is CN=C(N)N1CCC(OC(C)(C)C)CC1. The molecule has 0 aromatic heterocycles. The van der Waals surface area contributed by atoms with Crippen LogP contribution in [-0.2, 0) is 4.74 Å². The molecule has 4 heteroatoms. The molecule has 15 heavy (non-hydrogen) atoms. The van der Waals surface area contributed by atoms with Gasteiger partial charge in [-0.3, -0.25) is 4.99 Å². The van der Waals surface area contributed by atoms with E-state index in [1.165, 1.54) is 0 Å². The molecule has 0 bridgehead atoms. The van der Waals surface area contributed by atoms with E-state index in [0.29, 0.717) is 12.1 Å². The fourth-order valence-corrected chi connectivity index (χ4v) is 1.84. The summed E-state index contributed by atoms with van der Waals surface area (Å²) in [6.45, 7) is 8.19. The van der Waals surface area contributed by atoms with Gasteiger partial charge in [0.05, 0.1) is 11.7 Å². The number of hydrogen-bond acceptors (Lipinski definition) is 2. The van der Waals surface area contributed by atoms with E-state index in [1.54, 1.807) is 7.05 Å². The lowest BCUT2D eigenvalue weighted by atomic mass is 10.1. The van der Waals surface area contributed by atoms with Gasteiger partial charge in [0.25, 0.3) is 0 Å². The third-order valence-electron chi connectivity index (χ3n) is 2.52. The standard InChI is InChI=1S/C11H23N3O/c1-11(2,3)15-9-5-7-14(8-6-9)10(12)13-4/h9H,5-8H2,1-4H3,(H2,12,13). The van der Waals surface area contributed by atoms with Gasteiger partial charge in [-0.25, -0.2) is 0 Å². The lowest BCUT2D eigenvalue weighted by Crippen LogP contribution is -2.45. The number of hydrogen-bond donors (Lipinski definition) is 1. The Bertz CT molecular complexity index is 224. The van der Waals surface area contributed by atoms with E-state index in [9.17, 15) is 0 Å². The quantitative estimate of drug-likeness (QED) is 0.526. The van der Waals surface area contributed by atoms with Crippen LogP contribution >= 0.6 is 0 Å². The molecule has 0 aromatic carbocycles. The van der Waals surface area contributed by atoms with Crippen LogP contribution in [0.15, 0.2) is 4.99 Å². The van der Waals surface area contributed by atoms with Crippen LogP contribution in [0.3, 0.4) is 0 Å². The molecular weight excluding hydrogens is 190 g/mol. The van der Waals surface area contributed by atoms with E-state index in [-0.39, 0.29) is 5.60 Å². The molecule has 1 saturated heterocycles. The summed E-state index contributed by atoms with van der Waals surface area (Å²) in [5.41, 5.74) is 5.71. The van der Waals surface area contributed by atoms with Crippen molar-refractivity contribution in [3.05, 3.63) is 0 Å². The zero-order valence-electron chi connectivity index (χ0n) is 10.3. The highest BCUT2D eigenvalue weighted by molar-refractivity contribution is 5.77. The maximum atomic E-state index is 5.93. The summed E-state index contributed by atoms with van der Waals surface area (Å²) in [7, 11) is 1.73. The van der Waals surface area contributed by atoms with E-state index in [4.69, 9.17) is 10.5 Å². The Morgan fingerprint density at radius 1 is 1.33 bits per heavy atom. The van der Waals surface area contributed by atoms with Crippen molar-refractivity contribution in [3.63, 3.8) is 0 Å². The van der Waals surface area contributed by atoms with Gasteiger partial charge in [0.15, 0.2) is 5.96 Å². The van der Waals surface area contributed by atoms with E-state index in [2.05, 4.69) is 30.7 Å². The van der Waals surface area contributed by atoms with Gasteiger partial charge in [-0.1, -0.05) is 0 Å². The third kappa shape index (κ3) is 4.08. The number of ether oxygens (including phenoxy) is 1. The van der Waals surface area contributed by atoms with E-state index in [0.717, 1.165) is 25.9 Å². The molecule has 88 valence electrons. The smallest absolute Gasteiger partial charge is 0.190 e. The van der Waals surface area contributed by atoms with Gasteiger partial charge < -0.3 is 15.4 Å². The van der Waals surface area contributed by atoms with E-state index < -0.39 is 0 Å². The van der Waals surface area contributed by atoms with Gasteiger partial charge in [-0.2, -0.15) is 0 Å². The number of nitrogens with zero attached hydrogens (tertiary/aromatic N) is 2. The van der Waals surface area contributed by atoms with Gasteiger partial charge in [-0.05, 0) is 33.6 Å². The molecule has 0 radical (unpaired) electrons. The molecule has 0 aromatic rings. The van der Waals surface area contributed by atoms with Crippen molar-refractivity contribution >= 4 is 5.96 Å². The van der Waals surface area contributed by atoms with Crippen LogP contribution < -0.4 is 5.73 Å². The highest BCUT2D eigenvalue weighted by Gasteiger charge is 2.24. The van der Waals surface area contributed by atoms with Crippen molar-refractivity contribution < 1.29 is 4.74 Å². The van der Waals surface area contributed by atoms with Gasteiger partial charge in [0, 0.05) is 20.1 Å². The average Bonchev–Trinajstić information content (AvgIpc) is 2.15. The number of guanidine groups is 1. The van der Waals surface area contributed by atoms with Gasteiger partial charge in [-0.15, -0.1) is 0 Å². The molecule has 1 heterocycles. The molecule has 0 aliphatic carbocycles. The summed E-state index contributed by atoms with van der Waals surface area (Å²) >= 11 is 0. The Labute approximate surface area is 92.5 Å². The first-order valence-corrected chi connectivity index (χ1v) is 5.57. The fourth-order valence-electron chi connectivity index (χ4n) is 1.84. The zero-order valence-corrected chi connectivity index (χ0v) is 10.3. The molecule has 0 amide bonds. The van der Waals surface area contributed by atoms with Crippen LogP contribution in [0.1, 0.15) is 33.6 Å². The van der Waals surface area contributed by atoms with Crippen molar-refractivity contribution in [2.75, 3.05) is 20.1 Å². The van der Waals surface area contributed by atoms with Gasteiger partial charge in [0.1, 0.15) is 0 Å². The molecule has 4 nitrogen and oxygen atoms in total. The van der Waals surface area contributed by atoms with Gasteiger partial charge in [0.2, 0.25) is 0 Å². The van der Waals surface area contributed by atoms with E-state index in [1.807, 2.05) is 0 Å². The Kier molecular flexibility index (Phi) is 3.97. The fraction of sp³-hybridized carbons (Fsp3) is 0.909. The number of nitrogens with two attached hydrogens (primary N) is 1. The Morgan fingerprint density at radius 3 is 2.27 bits per heavy atom. The molecule has 0 unspecified atom stereocenters. The normalized spacial score (nSPS) is 20.8. The second-order valence-electron chi connectivity index (χ2n) is 5.00. The van der Waals surface area contributed by atoms with Crippen LogP contribution in [0.25, 0.3) is 0 Å². The minimum absolute atomic E-state index is 0.0444. The number of piperidine rings is 1. The number of likely N-dealkylation sites (tertiary alicyclic amines) is 1. The Hall–Kier alpha value is -0.770. The number of rotatable bonds is 1. The summed E-state index contributed by atoms with van der Waals surface area (Å²) in [4.78, 5) is 6.10. The molecule has 0 saturated carbocycles. The minimum Gasteiger partial charge on any atom is -0.372 e. The largest absolute Gasteiger partial charge is 0.372 e. The average molecular weight is 213 g/mol. The molecule has 1 aliphatic rings. The van der Waals surface area contributed by atoms with Crippen LogP contribution in [0.2, 0.25) is 0 Å². The summed E-state index contributed by atoms with van der Waals surface area (Å²) in [6.07, 6.45) is 2.44. The summed E-state index contributed by atoms with van der Waals surface area (Å²) in [6, 6.07) is 0. The van der Waals surface area contributed by atoms with Crippen molar-refractivity contribution in [1.82, 2.24) is 4.90 Å². The predicted molar refractivity (Wildman–Crippen MR) is 63.0 cm³/mol. The van der Waals surface area contributed by atoms with Crippen LogP contribution in [0, 0.1) is 0 Å². The molecule has 1 fully saturated rings. The second-order valence-corrected chi connectivity index (χ2v) is 5.00. The highest BCUT2D eigenvalue weighted by Crippen LogP contribution is 2.19. The second kappa shape index (κ2) is 4.84. The predicted octanol–water partition coefficient (Wildman–Crippen LogP) is 1.21. The highest BCUT2D eigenvalue weighted by atomic mass is 16.5. The lowest BCUT2D eigenvalue weighted by Gasteiger charge is -2.35. The third-order valence-corrected chi connectivity index (χ3v) is 2.52. The van der Waals surface area contributed by atoms with Crippen molar-refractivity contribution in [2.45, 2.75) is 45.3 Å². The van der Waals surface area contributed by atoms with Crippen molar-refractivity contribution in [2.24, 2.45) is 10.7 Å². The lowest BCUT2D eigenvalue weighted by molar-refractivity contribution is -0.0771. The first kappa shape index (κ1) is 12.3. The summed E-state index contributed by atoms with van der Waals surface area (Å²) in [5, 5.41) is 0. The van der Waals surface area contributed by atoms with Crippen LogP contribution in [0.5, 0.6) is 0 Å². The summed E-state index contributed by atoms with van der Waals surface area (Å²) < 4.78 is 5.93.